The Bertz CT molecular complexity index is 4040. The van der Waals surface area contributed by atoms with Gasteiger partial charge >= 0.3 is 17.3 Å². The number of piperazine rings is 2. The fourth-order valence-electron chi connectivity index (χ4n) is 11.5. The van der Waals surface area contributed by atoms with Crippen molar-refractivity contribution >= 4 is 108 Å². The minimum absolute atomic E-state index is 0.0269. The first-order chi connectivity index (χ1) is 46.8. The average Bonchev–Trinajstić information content (AvgIpc) is 1.59. The molecule has 0 bridgehead atoms. The second kappa shape index (κ2) is 32.3. The third-order valence-electron chi connectivity index (χ3n) is 16.8. The number of benzene rings is 3. The summed E-state index contributed by atoms with van der Waals surface area (Å²) < 4.78 is 66.3. The molecule has 9 rings (SSSR count). The number of nitrogens with zero attached hydrogens (tertiary/aromatic N) is 9. The van der Waals surface area contributed by atoms with Gasteiger partial charge in [-0.15, -0.1) is 23.5 Å². The quantitative estimate of drug-likeness (QED) is 0.0277. The van der Waals surface area contributed by atoms with E-state index in [1.165, 1.54) is 102 Å². The monoisotopic (exact) mass is 1470 g/mol. The number of amides is 6. The number of nitro groups is 1. The highest BCUT2D eigenvalue weighted by Crippen LogP contribution is 2.44. The van der Waals surface area contributed by atoms with Crippen LogP contribution in [-0.4, -0.2) is 216 Å². The summed E-state index contributed by atoms with van der Waals surface area (Å²) in [5.41, 5.74) is 1.44. The number of hydrogen-bond donors (Lipinski definition) is 2. The molecule has 2 N–H and O–H groups in total. The summed E-state index contributed by atoms with van der Waals surface area (Å²) in [4.78, 5) is 130. The zero-order chi connectivity index (χ0) is 73.3. The van der Waals surface area contributed by atoms with Gasteiger partial charge in [0.15, 0.2) is 0 Å². The predicted molar refractivity (Wildman–Crippen MR) is 375 cm³/mol. The SMILES string of the molecule is CC(C)(C)OC(=O)[C@H](Cc1ccc(CC(=O)N2CCN(C(=O)Cl)CC2)cc1)NC(=O)[C@H]1N(S(=O)(=O)c2cccnc2)CSC1(C)C.CC(C)(C)OC(=O)[C@H](Cc1ccc(CC(=O)N2CCN(C(=O)c3ccc([N+](=O)[O-])cc3)CC2)cc1)NC(=O)[C@H]1N(S(=O)(=O)c2cccnc2)CSC1(C)C. The Kier molecular flexibility index (Phi) is 25.1. The molecule has 5 aromatic rings. The lowest BCUT2D eigenvalue weighted by Gasteiger charge is -2.35. The molecule has 4 atom stereocenters. The Morgan fingerprint density at radius 1 is 0.560 bits per heavy atom. The molecule has 0 aliphatic carbocycles. The van der Waals surface area contributed by atoms with Crippen molar-refractivity contribution in [3.63, 3.8) is 0 Å². The summed E-state index contributed by atoms with van der Waals surface area (Å²) in [5, 5.41) is 16.0. The molecule has 3 aromatic carbocycles. The minimum atomic E-state index is -4.09. The van der Waals surface area contributed by atoms with Gasteiger partial charge in [-0.2, -0.15) is 8.61 Å². The highest BCUT2D eigenvalue weighted by atomic mass is 35.5. The number of rotatable bonds is 20. The van der Waals surface area contributed by atoms with Crippen molar-refractivity contribution in [2.24, 2.45) is 0 Å². The van der Waals surface area contributed by atoms with Crippen LogP contribution in [0.15, 0.2) is 132 Å². The molecule has 6 amide bonds. The lowest BCUT2D eigenvalue weighted by atomic mass is 10.00. The Morgan fingerprint density at radius 2 is 0.910 bits per heavy atom. The van der Waals surface area contributed by atoms with Crippen LogP contribution in [0.4, 0.5) is 10.5 Å². The van der Waals surface area contributed by atoms with E-state index in [-0.39, 0.29) is 70.6 Å². The van der Waals surface area contributed by atoms with Gasteiger partial charge < -0.3 is 39.7 Å². The van der Waals surface area contributed by atoms with Crippen LogP contribution in [-0.2, 0) is 84.0 Å². The first-order valence-corrected chi connectivity index (χ1v) is 37.4. The molecule has 4 aliphatic heterocycles. The summed E-state index contributed by atoms with van der Waals surface area (Å²) in [5.74, 6) is -2.93. The molecule has 32 heteroatoms. The number of pyridine rings is 2. The maximum Gasteiger partial charge on any atom is 0.329 e. The van der Waals surface area contributed by atoms with E-state index >= 15 is 0 Å². The Hall–Kier alpha value is -8.07. The van der Waals surface area contributed by atoms with Gasteiger partial charge in [-0.3, -0.25) is 48.8 Å². The van der Waals surface area contributed by atoms with Crippen molar-refractivity contribution in [3.8, 4) is 0 Å². The number of non-ortho nitro benzene ring substituents is 1. The highest BCUT2D eigenvalue weighted by Gasteiger charge is 2.53. The number of esters is 2. The van der Waals surface area contributed by atoms with Crippen LogP contribution < -0.4 is 10.6 Å². The van der Waals surface area contributed by atoms with E-state index in [1.807, 2.05) is 0 Å². The number of carbonyl (C=O) groups excluding carboxylic acids is 8. The second-order valence-electron chi connectivity index (χ2n) is 27.4. The number of nitrogens with one attached hydrogen (secondary N) is 2. The van der Waals surface area contributed by atoms with Crippen LogP contribution in [0, 0.1) is 10.1 Å². The first-order valence-electron chi connectivity index (χ1n) is 32.2. The number of hydrogen-bond acceptors (Lipinski definition) is 20. The normalized spacial score (nSPS) is 18.7. The van der Waals surface area contributed by atoms with Crippen LogP contribution in [0.2, 0.25) is 0 Å². The molecule has 4 saturated heterocycles. The van der Waals surface area contributed by atoms with E-state index < -0.39 is 99.0 Å². The van der Waals surface area contributed by atoms with Gasteiger partial charge in [-0.1, -0.05) is 48.5 Å². The van der Waals surface area contributed by atoms with Crippen LogP contribution >= 0.6 is 35.1 Å². The number of carbonyl (C=O) groups is 8. The van der Waals surface area contributed by atoms with Crippen molar-refractivity contribution < 1.29 is 69.6 Å². The van der Waals surface area contributed by atoms with E-state index in [0.29, 0.717) is 69.0 Å². The molecular formula is C68H84ClN11O16S4. The van der Waals surface area contributed by atoms with E-state index in [1.54, 1.807) is 132 Å². The second-order valence-corrected chi connectivity index (χ2v) is 34.7. The van der Waals surface area contributed by atoms with Gasteiger partial charge in [0.05, 0.1) is 29.5 Å². The molecule has 0 radical (unpaired) electrons. The Morgan fingerprint density at radius 3 is 1.24 bits per heavy atom. The molecule has 27 nitrogen and oxygen atoms in total. The van der Waals surface area contributed by atoms with Gasteiger partial charge in [0.25, 0.3) is 11.6 Å². The van der Waals surface area contributed by atoms with Crippen LogP contribution in [0.5, 0.6) is 0 Å². The minimum Gasteiger partial charge on any atom is -0.458 e. The van der Waals surface area contributed by atoms with E-state index in [2.05, 4.69) is 20.6 Å². The zero-order valence-electron chi connectivity index (χ0n) is 57.3. The van der Waals surface area contributed by atoms with Gasteiger partial charge in [0, 0.05) is 117 Å². The van der Waals surface area contributed by atoms with E-state index in [0.717, 1.165) is 19.7 Å². The molecule has 6 heterocycles. The maximum absolute atomic E-state index is 14.0. The molecule has 538 valence electrons. The number of thioether (sulfide) groups is 2. The first kappa shape index (κ1) is 77.7. The third-order valence-corrected chi connectivity index (χ3v) is 23.7. The third kappa shape index (κ3) is 20.1. The predicted octanol–water partition coefficient (Wildman–Crippen LogP) is 6.47. The summed E-state index contributed by atoms with van der Waals surface area (Å²) in [6, 6.07) is 21.0. The molecule has 0 unspecified atom stereocenters. The molecule has 0 saturated carbocycles. The maximum atomic E-state index is 14.0. The van der Waals surface area contributed by atoms with Crippen LogP contribution in [0.25, 0.3) is 0 Å². The van der Waals surface area contributed by atoms with Gasteiger partial charge in [-0.05, 0) is 139 Å². The number of halogens is 1. The van der Waals surface area contributed by atoms with Crippen molar-refractivity contribution in [2.75, 3.05) is 64.1 Å². The lowest BCUT2D eigenvalue weighted by molar-refractivity contribution is -0.384. The Labute approximate surface area is 596 Å². The number of sulfonamides is 2. The van der Waals surface area contributed by atoms with E-state index in [4.69, 9.17) is 21.1 Å². The molecule has 4 aliphatic rings. The van der Waals surface area contributed by atoms with Crippen LogP contribution in [0.3, 0.4) is 0 Å². The number of ether oxygens (including phenoxy) is 2. The lowest BCUT2D eigenvalue weighted by Crippen LogP contribution is -2.57. The van der Waals surface area contributed by atoms with E-state index in [9.17, 15) is 65.3 Å². The zero-order valence-corrected chi connectivity index (χ0v) is 61.3. The van der Waals surface area contributed by atoms with Gasteiger partial charge in [-0.25, -0.2) is 26.4 Å². The summed E-state index contributed by atoms with van der Waals surface area (Å²) in [7, 11) is -8.15. The van der Waals surface area contributed by atoms with Crippen molar-refractivity contribution in [2.45, 2.75) is 150 Å². The highest BCUT2D eigenvalue weighted by molar-refractivity contribution is 8.02. The van der Waals surface area contributed by atoms with Crippen molar-refractivity contribution in [1.82, 2.24) is 48.8 Å². The molecule has 2 aromatic heterocycles. The largest absolute Gasteiger partial charge is 0.458 e. The van der Waals surface area contributed by atoms with Gasteiger partial charge in [0.1, 0.15) is 45.2 Å². The fourth-order valence-corrected chi connectivity index (χ4v) is 17.9. The number of aromatic nitrogens is 2. The standard InChI is InChI=1S/C37H44N6O9S2.C31H40ClN5O7S2/c1-36(2,3)52-35(47)30(39-33(45)32-37(4,5)53-24-42(32)54(50,51)29-7-6-16-38-23-29)21-25-8-10-26(11-9-25)22-31(44)40-17-19-41(20-18-40)34(46)27-12-14-28(15-13-27)43(48)49;1-30(2,3)44-28(40)24(17-21-8-10-22(11-9-21)18-25(38)35-13-15-36(16-14-35)29(32)41)34-27(39)26-31(4,5)45-20-37(26)46(42,43)23-7-6-12-33-19-23/h6-16,23,30,32H,17-22,24H2,1-5H3,(H,39,45);6-12,19,24,26H,13-18,20H2,1-5H3,(H,34,39)/t30-,32+;24-,26+/m00/s1. The molecular weight excluding hydrogens is 1390 g/mol. The fraction of sp³-hybridized carbons (Fsp3) is 0.471. The summed E-state index contributed by atoms with van der Waals surface area (Å²) in [6.45, 7) is 20.4. The van der Waals surface area contributed by atoms with Crippen molar-refractivity contribution in [3.05, 3.63) is 160 Å². The van der Waals surface area contributed by atoms with Crippen molar-refractivity contribution in [1.29, 1.82) is 0 Å². The smallest absolute Gasteiger partial charge is 0.329 e. The topological polar surface area (TPSA) is 336 Å². The van der Waals surface area contributed by atoms with Gasteiger partial charge in [0.2, 0.25) is 43.7 Å². The Balaban J connectivity index is 0.000000258. The average molecular weight is 1480 g/mol. The molecule has 0 spiro atoms. The molecule has 4 fully saturated rings. The summed E-state index contributed by atoms with van der Waals surface area (Å²) >= 11 is 8.18. The molecule has 100 heavy (non-hydrogen) atoms. The summed E-state index contributed by atoms with van der Waals surface area (Å²) in [6.07, 6.45) is 5.81. The van der Waals surface area contributed by atoms with Crippen LogP contribution in [0.1, 0.15) is 102 Å². The number of nitro benzene ring substituents is 1.